The third-order valence-corrected chi connectivity index (χ3v) is 6.01. The lowest BCUT2D eigenvalue weighted by molar-refractivity contribution is -0.385. The summed E-state index contributed by atoms with van der Waals surface area (Å²) < 4.78 is 32.7. The molecule has 0 aliphatic carbocycles. The molecule has 0 aromatic heterocycles. The molecule has 11 nitrogen and oxygen atoms in total. The number of carbonyl (C=O) groups is 3. The number of nitrogens with one attached hydrogen (secondary N) is 2. The topological polar surface area (TPSA) is 162 Å². The van der Waals surface area contributed by atoms with Gasteiger partial charge in [-0.25, -0.2) is 13.2 Å². The fraction of sp³-hybridized carbons (Fsp3) is 0.0870. The molecule has 1 amide bonds. The molecule has 0 aliphatic rings. The predicted molar refractivity (Wildman–Crippen MR) is 126 cm³/mol. The summed E-state index contributed by atoms with van der Waals surface area (Å²) in [7, 11) is -4.28. The van der Waals surface area contributed by atoms with E-state index in [0.717, 1.165) is 12.1 Å². The van der Waals surface area contributed by atoms with Crippen molar-refractivity contribution in [3.8, 4) is 0 Å². The smallest absolute Gasteiger partial charge is 0.340 e. The van der Waals surface area contributed by atoms with Crippen LogP contribution in [0.4, 0.5) is 17.1 Å². The number of amides is 1. The van der Waals surface area contributed by atoms with Gasteiger partial charge < -0.3 is 10.1 Å². The second-order valence-corrected chi connectivity index (χ2v) is 8.81. The van der Waals surface area contributed by atoms with Crippen LogP contribution in [0.25, 0.3) is 0 Å². The molecule has 12 heteroatoms. The summed E-state index contributed by atoms with van der Waals surface area (Å²) in [6, 6.07) is 16.2. The Hall–Kier alpha value is -4.58. The molecular formula is C23H19N3O8S. The van der Waals surface area contributed by atoms with Gasteiger partial charge in [0.25, 0.3) is 21.6 Å². The molecule has 0 radical (unpaired) electrons. The Morgan fingerprint density at radius 2 is 1.54 bits per heavy atom. The van der Waals surface area contributed by atoms with Crippen LogP contribution in [0.3, 0.4) is 0 Å². The molecule has 3 rings (SSSR count). The number of sulfonamides is 1. The van der Waals surface area contributed by atoms with E-state index in [1.54, 1.807) is 12.1 Å². The number of hydrogen-bond donors (Lipinski definition) is 2. The average molecular weight is 497 g/mol. The number of para-hydroxylation sites is 2. The summed E-state index contributed by atoms with van der Waals surface area (Å²) in [5, 5.41) is 13.4. The van der Waals surface area contributed by atoms with Crippen molar-refractivity contribution in [2.75, 3.05) is 16.6 Å². The van der Waals surface area contributed by atoms with E-state index >= 15 is 0 Å². The van der Waals surface area contributed by atoms with Gasteiger partial charge in [0, 0.05) is 17.7 Å². The molecule has 0 spiro atoms. The Morgan fingerprint density at radius 1 is 0.914 bits per heavy atom. The minimum Gasteiger partial charge on any atom is -0.452 e. The lowest BCUT2D eigenvalue weighted by Crippen LogP contribution is -2.23. The average Bonchev–Trinajstić information content (AvgIpc) is 2.83. The maximum Gasteiger partial charge on any atom is 0.340 e. The van der Waals surface area contributed by atoms with E-state index < -0.39 is 39.1 Å². The summed E-state index contributed by atoms with van der Waals surface area (Å²) in [6.45, 7) is 0.647. The van der Waals surface area contributed by atoms with E-state index in [9.17, 15) is 32.9 Å². The van der Waals surface area contributed by atoms with Crippen molar-refractivity contribution in [2.24, 2.45) is 0 Å². The van der Waals surface area contributed by atoms with Crippen LogP contribution in [0.5, 0.6) is 0 Å². The summed E-state index contributed by atoms with van der Waals surface area (Å²) in [6.07, 6.45) is 0. The molecule has 2 N–H and O–H groups in total. The first kappa shape index (κ1) is 25.1. The summed E-state index contributed by atoms with van der Waals surface area (Å²) in [5.41, 5.74) is -0.207. The number of benzene rings is 3. The lowest BCUT2D eigenvalue weighted by atomic mass is 10.1. The molecule has 3 aromatic carbocycles. The number of rotatable bonds is 9. The van der Waals surface area contributed by atoms with Gasteiger partial charge in [-0.2, -0.15) is 0 Å². The lowest BCUT2D eigenvalue weighted by Gasteiger charge is -2.13. The van der Waals surface area contributed by atoms with Crippen molar-refractivity contribution in [2.45, 2.75) is 11.8 Å². The van der Waals surface area contributed by atoms with Gasteiger partial charge in [0.15, 0.2) is 12.4 Å². The first-order valence-corrected chi connectivity index (χ1v) is 11.5. The van der Waals surface area contributed by atoms with Crippen LogP contribution < -0.4 is 10.0 Å². The molecule has 0 atom stereocenters. The van der Waals surface area contributed by atoms with Gasteiger partial charge in [-0.1, -0.05) is 30.3 Å². The third-order valence-electron chi connectivity index (χ3n) is 4.64. The molecule has 0 saturated carbocycles. The minimum atomic E-state index is -4.28. The van der Waals surface area contributed by atoms with Crippen LogP contribution in [-0.2, 0) is 19.6 Å². The zero-order valence-corrected chi connectivity index (χ0v) is 19.1. The van der Waals surface area contributed by atoms with Crippen LogP contribution >= 0.6 is 0 Å². The van der Waals surface area contributed by atoms with Crippen molar-refractivity contribution in [1.29, 1.82) is 0 Å². The van der Waals surface area contributed by atoms with Gasteiger partial charge in [-0.3, -0.25) is 24.4 Å². The fourth-order valence-electron chi connectivity index (χ4n) is 3.01. The van der Waals surface area contributed by atoms with Crippen molar-refractivity contribution >= 4 is 44.7 Å². The number of nitrogens with zero attached hydrogens (tertiary/aromatic N) is 1. The Balaban J connectivity index is 1.72. The number of esters is 1. The standard InChI is InChI=1S/C23H19N3O8S/c1-15(27)18-9-2-4-11-20(18)24-22(28)14-34-23(29)19-10-3-5-12-21(19)25-35(32,33)17-8-6-7-16(13-17)26(30)31/h2-13,25H,14H2,1H3,(H,24,28). The number of anilines is 2. The highest BCUT2D eigenvalue weighted by Crippen LogP contribution is 2.23. The molecule has 3 aromatic rings. The zero-order valence-electron chi connectivity index (χ0n) is 18.3. The Labute approximate surface area is 199 Å². The van der Waals surface area contributed by atoms with Gasteiger partial charge in [-0.15, -0.1) is 0 Å². The van der Waals surface area contributed by atoms with Gasteiger partial charge in [0.05, 0.1) is 26.8 Å². The molecule has 0 bridgehead atoms. The summed E-state index contributed by atoms with van der Waals surface area (Å²) >= 11 is 0. The SMILES string of the molecule is CC(=O)c1ccccc1NC(=O)COC(=O)c1ccccc1NS(=O)(=O)c1cccc([N+](=O)[O-])c1. The molecule has 0 unspecified atom stereocenters. The van der Waals surface area contributed by atoms with Gasteiger partial charge in [-0.05, 0) is 37.3 Å². The molecule has 35 heavy (non-hydrogen) atoms. The first-order valence-electron chi connectivity index (χ1n) is 10.0. The molecule has 180 valence electrons. The monoisotopic (exact) mass is 497 g/mol. The highest BCUT2D eigenvalue weighted by Gasteiger charge is 2.22. The van der Waals surface area contributed by atoms with Crippen LogP contribution in [0, 0.1) is 10.1 Å². The summed E-state index contributed by atoms with van der Waals surface area (Å²) in [4.78, 5) is 46.4. The largest absolute Gasteiger partial charge is 0.452 e. The number of ether oxygens (including phenoxy) is 1. The molecule has 0 aliphatic heterocycles. The zero-order chi connectivity index (χ0) is 25.6. The van der Waals surface area contributed by atoms with E-state index in [1.165, 1.54) is 55.5 Å². The minimum absolute atomic E-state index is 0.147. The predicted octanol–water partition coefficient (Wildman–Crippen LogP) is 3.39. The highest BCUT2D eigenvalue weighted by molar-refractivity contribution is 7.92. The third kappa shape index (κ3) is 6.26. The van der Waals surface area contributed by atoms with Crippen molar-refractivity contribution in [3.05, 3.63) is 94.0 Å². The number of nitro benzene ring substituents is 1. The van der Waals surface area contributed by atoms with Crippen LogP contribution in [0.1, 0.15) is 27.6 Å². The van der Waals surface area contributed by atoms with Crippen molar-refractivity contribution in [1.82, 2.24) is 0 Å². The maximum absolute atomic E-state index is 12.7. The number of ketones is 1. The van der Waals surface area contributed by atoms with Crippen LogP contribution in [-0.4, -0.2) is 37.6 Å². The second kappa shape index (κ2) is 10.6. The van der Waals surface area contributed by atoms with Crippen LogP contribution in [0.15, 0.2) is 77.7 Å². The normalized spacial score (nSPS) is 10.8. The number of carbonyl (C=O) groups excluding carboxylic acids is 3. The van der Waals surface area contributed by atoms with Gasteiger partial charge >= 0.3 is 5.97 Å². The van der Waals surface area contributed by atoms with Crippen molar-refractivity contribution < 1.29 is 32.5 Å². The van der Waals surface area contributed by atoms with Gasteiger partial charge in [0.2, 0.25) is 0 Å². The fourth-order valence-corrected chi connectivity index (χ4v) is 4.13. The van der Waals surface area contributed by atoms with Crippen molar-refractivity contribution in [3.63, 3.8) is 0 Å². The Bertz CT molecular complexity index is 1420. The number of nitro groups is 1. The van der Waals surface area contributed by atoms with E-state index in [4.69, 9.17) is 4.74 Å². The molecule has 0 fully saturated rings. The van der Waals surface area contributed by atoms with Crippen LogP contribution in [0.2, 0.25) is 0 Å². The number of hydrogen-bond acceptors (Lipinski definition) is 8. The van der Waals surface area contributed by atoms with E-state index in [1.807, 2.05) is 0 Å². The number of non-ortho nitro benzene ring substituents is 1. The summed E-state index contributed by atoms with van der Waals surface area (Å²) in [5.74, 6) is -1.96. The quantitative estimate of drug-likeness (QED) is 0.197. The van der Waals surface area contributed by atoms with E-state index in [0.29, 0.717) is 0 Å². The van der Waals surface area contributed by atoms with E-state index in [2.05, 4.69) is 10.0 Å². The maximum atomic E-state index is 12.7. The highest BCUT2D eigenvalue weighted by atomic mass is 32.2. The van der Waals surface area contributed by atoms with E-state index in [-0.39, 0.29) is 33.2 Å². The number of Topliss-reactive ketones (excluding diaryl/α,β-unsaturated/α-hetero) is 1. The van der Waals surface area contributed by atoms with Gasteiger partial charge in [0.1, 0.15) is 0 Å². The molecule has 0 saturated heterocycles. The second-order valence-electron chi connectivity index (χ2n) is 7.13. The Morgan fingerprint density at radius 3 is 2.20 bits per heavy atom. The Kier molecular flexibility index (Phi) is 7.56. The first-order chi connectivity index (χ1) is 16.6. The molecular weight excluding hydrogens is 478 g/mol. The molecule has 0 heterocycles.